The van der Waals surface area contributed by atoms with E-state index < -0.39 is 11.8 Å². The summed E-state index contributed by atoms with van der Waals surface area (Å²) in [6.45, 7) is 10.1. The molecular weight excluding hydrogens is 302 g/mol. The Labute approximate surface area is 144 Å². The van der Waals surface area contributed by atoms with Crippen molar-refractivity contribution in [2.45, 2.75) is 45.6 Å². The molecule has 24 heavy (non-hydrogen) atoms. The van der Waals surface area contributed by atoms with E-state index in [9.17, 15) is 9.59 Å². The Morgan fingerprint density at radius 2 is 1.92 bits per heavy atom. The van der Waals surface area contributed by atoms with Crippen LogP contribution in [0.4, 0.5) is 0 Å². The number of hydrogen-bond acceptors (Lipinski definition) is 3. The lowest BCUT2D eigenvalue weighted by Gasteiger charge is -2.33. The van der Waals surface area contributed by atoms with Crippen molar-refractivity contribution in [2.75, 3.05) is 19.6 Å². The van der Waals surface area contributed by atoms with Crippen LogP contribution in [0.1, 0.15) is 44.7 Å². The highest BCUT2D eigenvalue weighted by atomic mass is 16.2. The molecule has 0 aromatic heterocycles. The van der Waals surface area contributed by atoms with Gasteiger partial charge in [0.2, 0.25) is 0 Å². The molecule has 1 aliphatic heterocycles. The summed E-state index contributed by atoms with van der Waals surface area (Å²) in [6, 6.07) is 8.84. The van der Waals surface area contributed by atoms with Crippen LogP contribution in [-0.4, -0.2) is 36.3 Å². The second-order valence-electron chi connectivity index (χ2n) is 7.76. The van der Waals surface area contributed by atoms with Crippen molar-refractivity contribution in [3.8, 4) is 0 Å². The summed E-state index contributed by atoms with van der Waals surface area (Å²) in [5.74, 6) is -1.23. The summed E-state index contributed by atoms with van der Waals surface area (Å²) in [7, 11) is 0. The van der Waals surface area contributed by atoms with Gasteiger partial charge < -0.3 is 11.1 Å². The first-order valence-electron chi connectivity index (χ1n) is 8.65. The van der Waals surface area contributed by atoms with Crippen LogP contribution in [0.15, 0.2) is 24.3 Å². The second kappa shape index (κ2) is 7.79. The van der Waals surface area contributed by atoms with Crippen molar-refractivity contribution in [3.05, 3.63) is 35.4 Å². The van der Waals surface area contributed by atoms with Gasteiger partial charge in [0.1, 0.15) is 0 Å². The van der Waals surface area contributed by atoms with Crippen molar-refractivity contribution in [1.29, 1.82) is 0 Å². The fraction of sp³-hybridized carbons (Fsp3) is 0.579. The smallest absolute Gasteiger partial charge is 0.309 e. The molecule has 0 unspecified atom stereocenters. The third kappa shape index (κ3) is 5.34. The van der Waals surface area contributed by atoms with Gasteiger partial charge >= 0.3 is 11.8 Å². The first-order chi connectivity index (χ1) is 11.3. The maximum Gasteiger partial charge on any atom is 0.309 e. The number of likely N-dealkylation sites (tertiary alicyclic amines) is 1. The number of rotatable bonds is 4. The summed E-state index contributed by atoms with van der Waals surface area (Å²) in [5, 5.41) is 2.62. The monoisotopic (exact) mass is 331 g/mol. The van der Waals surface area contributed by atoms with Crippen molar-refractivity contribution < 1.29 is 9.59 Å². The SMILES string of the molecule is CC(C)(C)c1ccc(CN2CCC[C@H](CNC(=O)C(N)=O)C2)cc1. The quantitative estimate of drug-likeness (QED) is 0.826. The Bertz CT molecular complexity index is 575. The summed E-state index contributed by atoms with van der Waals surface area (Å²) in [5.41, 5.74) is 7.79. The summed E-state index contributed by atoms with van der Waals surface area (Å²) in [6.07, 6.45) is 2.18. The lowest BCUT2D eigenvalue weighted by atomic mass is 9.86. The first-order valence-corrected chi connectivity index (χ1v) is 8.65. The number of carbonyl (C=O) groups is 2. The zero-order chi connectivity index (χ0) is 17.7. The highest BCUT2D eigenvalue weighted by Gasteiger charge is 2.21. The average Bonchev–Trinajstić information content (AvgIpc) is 2.52. The number of carbonyl (C=O) groups excluding carboxylic acids is 2. The van der Waals surface area contributed by atoms with Gasteiger partial charge in [-0.3, -0.25) is 14.5 Å². The molecule has 1 heterocycles. The predicted molar refractivity (Wildman–Crippen MR) is 95.3 cm³/mol. The van der Waals surface area contributed by atoms with E-state index in [1.165, 1.54) is 11.1 Å². The lowest BCUT2D eigenvalue weighted by Crippen LogP contribution is -2.43. The molecule has 5 nitrogen and oxygen atoms in total. The van der Waals surface area contributed by atoms with Gasteiger partial charge in [-0.2, -0.15) is 0 Å². The molecule has 5 heteroatoms. The van der Waals surface area contributed by atoms with E-state index in [-0.39, 0.29) is 5.41 Å². The number of piperidine rings is 1. The molecule has 3 N–H and O–H groups in total. The molecule has 0 bridgehead atoms. The maximum absolute atomic E-state index is 11.3. The Morgan fingerprint density at radius 1 is 1.25 bits per heavy atom. The molecule has 0 saturated carbocycles. The van der Waals surface area contributed by atoms with Gasteiger partial charge in [0, 0.05) is 19.6 Å². The van der Waals surface area contributed by atoms with Crippen LogP contribution in [0.5, 0.6) is 0 Å². The normalized spacial score (nSPS) is 19.0. The van der Waals surface area contributed by atoms with Crippen molar-refractivity contribution in [1.82, 2.24) is 10.2 Å². The van der Waals surface area contributed by atoms with Gasteiger partial charge in [-0.1, -0.05) is 45.0 Å². The van der Waals surface area contributed by atoms with Gasteiger partial charge in [0.25, 0.3) is 0 Å². The predicted octanol–water partition coefficient (Wildman–Crippen LogP) is 1.80. The zero-order valence-electron chi connectivity index (χ0n) is 15.0. The molecular formula is C19H29N3O2. The fourth-order valence-corrected chi connectivity index (χ4v) is 3.15. The van der Waals surface area contributed by atoms with Crippen LogP contribution < -0.4 is 11.1 Å². The van der Waals surface area contributed by atoms with Crippen molar-refractivity contribution >= 4 is 11.8 Å². The lowest BCUT2D eigenvalue weighted by molar-refractivity contribution is -0.137. The molecule has 0 spiro atoms. The van der Waals surface area contributed by atoms with E-state index in [0.29, 0.717) is 12.5 Å². The number of nitrogens with two attached hydrogens (primary N) is 1. The Morgan fingerprint density at radius 3 is 2.50 bits per heavy atom. The van der Waals surface area contributed by atoms with Crippen LogP contribution >= 0.6 is 0 Å². The number of hydrogen-bond donors (Lipinski definition) is 2. The molecule has 1 saturated heterocycles. The minimum Gasteiger partial charge on any atom is -0.361 e. The van der Waals surface area contributed by atoms with E-state index >= 15 is 0 Å². The van der Waals surface area contributed by atoms with Crippen molar-refractivity contribution in [2.24, 2.45) is 11.7 Å². The molecule has 1 aliphatic rings. The number of amides is 2. The van der Waals surface area contributed by atoms with Crippen LogP contribution in [0, 0.1) is 5.92 Å². The number of nitrogens with zero attached hydrogens (tertiary/aromatic N) is 1. The van der Waals surface area contributed by atoms with E-state index in [4.69, 9.17) is 5.73 Å². The second-order valence-corrected chi connectivity index (χ2v) is 7.76. The summed E-state index contributed by atoms with van der Waals surface area (Å²) < 4.78 is 0. The van der Waals surface area contributed by atoms with E-state index in [0.717, 1.165) is 32.5 Å². The van der Waals surface area contributed by atoms with Gasteiger partial charge in [0.15, 0.2) is 0 Å². The van der Waals surface area contributed by atoms with Gasteiger partial charge in [0.05, 0.1) is 0 Å². The van der Waals surface area contributed by atoms with E-state index in [2.05, 4.69) is 55.3 Å². The van der Waals surface area contributed by atoms with Crippen LogP contribution in [0.25, 0.3) is 0 Å². The summed E-state index contributed by atoms with van der Waals surface area (Å²) in [4.78, 5) is 24.5. The molecule has 2 rings (SSSR count). The molecule has 132 valence electrons. The topological polar surface area (TPSA) is 75.4 Å². The molecule has 1 aromatic rings. The first kappa shape index (κ1) is 18.5. The minimum atomic E-state index is -0.915. The van der Waals surface area contributed by atoms with Gasteiger partial charge in [-0.25, -0.2) is 0 Å². The minimum absolute atomic E-state index is 0.174. The highest BCUT2D eigenvalue weighted by molar-refractivity contribution is 6.34. The van der Waals surface area contributed by atoms with E-state index in [1.54, 1.807) is 0 Å². The third-order valence-electron chi connectivity index (χ3n) is 4.60. The average molecular weight is 331 g/mol. The number of nitrogens with one attached hydrogen (secondary N) is 1. The van der Waals surface area contributed by atoms with Crippen molar-refractivity contribution in [3.63, 3.8) is 0 Å². The summed E-state index contributed by atoms with van der Waals surface area (Å²) >= 11 is 0. The van der Waals surface area contributed by atoms with Gasteiger partial charge in [-0.05, 0) is 41.8 Å². The van der Waals surface area contributed by atoms with Crippen LogP contribution in [0.2, 0.25) is 0 Å². The Balaban J connectivity index is 1.86. The van der Waals surface area contributed by atoms with Crippen LogP contribution in [0.3, 0.4) is 0 Å². The molecule has 1 fully saturated rings. The molecule has 1 aromatic carbocycles. The molecule has 2 amide bonds. The Kier molecular flexibility index (Phi) is 5.99. The third-order valence-corrected chi connectivity index (χ3v) is 4.60. The standard InChI is InChI=1S/C19H29N3O2/c1-19(2,3)16-8-6-14(7-9-16)12-22-10-4-5-15(13-22)11-21-18(24)17(20)23/h6-9,15H,4-5,10-13H2,1-3H3,(H2,20,23)(H,21,24)/t15-/m1/s1. The maximum atomic E-state index is 11.3. The highest BCUT2D eigenvalue weighted by Crippen LogP contribution is 2.23. The van der Waals surface area contributed by atoms with E-state index in [1.807, 2.05) is 0 Å². The molecule has 0 radical (unpaired) electrons. The number of primary amides is 1. The molecule has 0 aliphatic carbocycles. The van der Waals surface area contributed by atoms with Crippen LogP contribution in [-0.2, 0) is 21.5 Å². The van der Waals surface area contributed by atoms with Gasteiger partial charge in [-0.15, -0.1) is 0 Å². The largest absolute Gasteiger partial charge is 0.361 e. The zero-order valence-corrected chi connectivity index (χ0v) is 15.0. The Hall–Kier alpha value is -1.88. The molecule has 1 atom stereocenters. The number of benzene rings is 1. The fourth-order valence-electron chi connectivity index (χ4n) is 3.15.